The van der Waals surface area contributed by atoms with Crippen LogP contribution < -0.4 is 0 Å². The number of carbonyl (C=O) groups is 2. The monoisotopic (exact) mass is 268 g/mol. The highest BCUT2D eigenvalue weighted by atomic mass is 16.6. The van der Waals surface area contributed by atoms with Crippen LogP contribution in [0.4, 0.5) is 4.79 Å². The summed E-state index contributed by atoms with van der Waals surface area (Å²) in [4.78, 5) is 26.9. The first-order valence-corrected chi connectivity index (χ1v) is 6.67. The van der Waals surface area contributed by atoms with Gasteiger partial charge in [0.15, 0.2) is 5.66 Å². The molecule has 0 aromatic rings. The van der Waals surface area contributed by atoms with Crippen LogP contribution in [-0.2, 0) is 9.53 Å². The fraction of sp³-hybridized carbons (Fsp3) is 0.833. The quantitative estimate of drug-likeness (QED) is 0.770. The highest BCUT2D eigenvalue weighted by Gasteiger charge is 2.35. The summed E-state index contributed by atoms with van der Waals surface area (Å²) in [6.07, 6.45) is 0.838. The second kappa shape index (κ2) is 5.54. The van der Waals surface area contributed by atoms with Gasteiger partial charge >= 0.3 is 6.09 Å². The fourth-order valence-corrected chi connectivity index (χ4v) is 2.04. The van der Waals surface area contributed by atoms with E-state index in [1.807, 2.05) is 6.92 Å². The van der Waals surface area contributed by atoms with Crippen molar-refractivity contribution in [3.63, 3.8) is 0 Å². The Morgan fingerprint density at radius 2 is 1.74 bits per heavy atom. The zero-order valence-electron chi connectivity index (χ0n) is 11.5. The van der Waals surface area contributed by atoms with Crippen molar-refractivity contribution < 1.29 is 14.3 Å². The van der Waals surface area contributed by atoms with E-state index in [0.717, 1.165) is 0 Å². The molecule has 0 saturated carbocycles. The van der Waals surface area contributed by atoms with Gasteiger partial charge in [0, 0.05) is 39.0 Å². The Labute approximate surface area is 112 Å². The molecule has 7 nitrogen and oxygen atoms in total. The first-order chi connectivity index (χ1) is 9.04. The van der Waals surface area contributed by atoms with Crippen molar-refractivity contribution in [3.05, 3.63) is 0 Å². The zero-order valence-corrected chi connectivity index (χ0v) is 11.5. The second-order valence-corrected chi connectivity index (χ2v) is 4.98. The Morgan fingerprint density at radius 1 is 1.16 bits per heavy atom. The molecule has 0 bridgehead atoms. The lowest BCUT2D eigenvalue weighted by atomic mass is 10.1. The lowest BCUT2D eigenvalue weighted by Crippen LogP contribution is -2.50. The number of hydrogen-bond acceptors (Lipinski definition) is 5. The SMILES string of the molecule is CCOC(=O)N1CCN(C(=O)CCC2(C)N=N2)CC1. The van der Waals surface area contributed by atoms with Gasteiger partial charge in [0.05, 0.1) is 6.61 Å². The Kier molecular flexibility index (Phi) is 4.01. The summed E-state index contributed by atoms with van der Waals surface area (Å²) in [6, 6.07) is 0. The predicted molar refractivity (Wildman–Crippen MR) is 67.7 cm³/mol. The minimum Gasteiger partial charge on any atom is -0.450 e. The Bertz CT molecular complexity index is 382. The topological polar surface area (TPSA) is 74.6 Å². The van der Waals surface area contributed by atoms with Crippen LogP contribution in [0.25, 0.3) is 0 Å². The van der Waals surface area contributed by atoms with Gasteiger partial charge in [-0.15, -0.1) is 0 Å². The van der Waals surface area contributed by atoms with E-state index in [1.165, 1.54) is 0 Å². The lowest BCUT2D eigenvalue weighted by Gasteiger charge is -2.34. The van der Waals surface area contributed by atoms with Crippen molar-refractivity contribution in [1.29, 1.82) is 0 Å². The van der Waals surface area contributed by atoms with Crippen LogP contribution in [0.3, 0.4) is 0 Å². The summed E-state index contributed by atoms with van der Waals surface area (Å²) in [5.41, 5.74) is -0.317. The second-order valence-electron chi connectivity index (χ2n) is 4.98. The van der Waals surface area contributed by atoms with Crippen LogP contribution in [0.2, 0.25) is 0 Å². The van der Waals surface area contributed by atoms with E-state index in [0.29, 0.717) is 45.6 Å². The molecule has 7 heteroatoms. The van der Waals surface area contributed by atoms with Crippen molar-refractivity contribution in [2.45, 2.75) is 32.4 Å². The Balaban J connectivity index is 1.70. The number of carbonyl (C=O) groups excluding carboxylic acids is 2. The van der Waals surface area contributed by atoms with Crippen molar-refractivity contribution in [2.24, 2.45) is 10.2 Å². The van der Waals surface area contributed by atoms with Gasteiger partial charge in [-0.05, 0) is 13.8 Å². The van der Waals surface area contributed by atoms with Crippen LogP contribution in [0.5, 0.6) is 0 Å². The Hall–Kier alpha value is -1.66. The molecule has 0 unspecified atom stereocenters. The first-order valence-electron chi connectivity index (χ1n) is 6.67. The molecule has 0 radical (unpaired) electrons. The van der Waals surface area contributed by atoms with E-state index in [9.17, 15) is 9.59 Å². The summed E-state index contributed by atoms with van der Waals surface area (Å²) < 4.78 is 4.94. The minimum absolute atomic E-state index is 0.113. The zero-order chi connectivity index (χ0) is 13.9. The van der Waals surface area contributed by atoms with Gasteiger partial charge < -0.3 is 14.5 Å². The molecule has 0 aliphatic carbocycles. The molecule has 1 saturated heterocycles. The third kappa shape index (κ3) is 3.65. The normalized spacial score (nSPS) is 20.3. The number of ether oxygens (including phenoxy) is 1. The van der Waals surface area contributed by atoms with E-state index in [1.54, 1.807) is 16.7 Å². The molecule has 2 aliphatic heterocycles. The molecule has 0 atom stereocenters. The largest absolute Gasteiger partial charge is 0.450 e. The van der Waals surface area contributed by atoms with Gasteiger partial charge in [-0.3, -0.25) is 4.79 Å². The summed E-state index contributed by atoms with van der Waals surface area (Å²) in [5, 5.41) is 7.78. The van der Waals surface area contributed by atoms with Crippen LogP contribution >= 0.6 is 0 Å². The molecule has 2 amide bonds. The van der Waals surface area contributed by atoms with E-state index >= 15 is 0 Å². The number of piperazine rings is 1. The lowest BCUT2D eigenvalue weighted by molar-refractivity contribution is -0.133. The maximum Gasteiger partial charge on any atom is 0.409 e. The number of amides is 2. The summed E-state index contributed by atoms with van der Waals surface area (Å²) in [6.45, 7) is 6.30. The molecular formula is C12H20N4O3. The minimum atomic E-state index is -0.317. The van der Waals surface area contributed by atoms with Gasteiger partial charge in [-0.1, -0.05) is 0 Å². The van der Waals surface area contributed by atoms with E-state index in [4.69, 9.17) is 4.74 Å². The molecule has 106 valence electrons. The van der Waals surface area contributed by atoms with Crippen LogP contribution in [0, 0.1) is 0 Å². The van der Waals surface area contributed by atoms with Crippen LogP contribution in [-0.4, -0.2) is 60.2 Å². The van der Waals surface area contributed by atoms with E-state index < -0.39 is 0 Å². The van der Waals surface area contributed by atoms with Gasteiger partial charge in [-0.25, -0.2) is 4.79 Å². The van der Waals surface area contributed by atoms with E-state index in [-0.39, 0.29) is 17.7 Å². The fourth-order valence-electron chi connectivity index (χ4n) is 2.04. The average molecular weight is 268 g/mol. The molecule has 19 heavy (non-hydrogen) atoms. The molecule has 0 aromatic heterocycles. The highest BCUT2D eigenvalue weighted by molar-refractivity contribution is 5.77. The molecular weight excluding hydrogens is 248 g/mol. The molecule has 0 N–H and O–H groups in total. The number of rotatable bonds is 4. The smallest absolute Gasteiger partial charge is 0.409 e. The molecule has 2 rings (SSSR count). The van der Waals surface area contributed by atoms with Gasteiger partial charge in [0.1, 0.15) is 0 Å². The van der Waals surface area contributed by atoms with Crippen molar-refractivity contribution in [3.8, 4) is 0 Å². The molecule has 1 fully saturated rings. The summed E-state index contributed by atoms with van der Waals surface area (Å²) in [5.74, 6) is 0.113. The van der Waals surface area contributed by atoms with Gasteiger partial charge in [0.2, 0.25) is 5.91 Å². The molecule has 2 aliphatic rings. The maximum atomic E-state index is 12.0. The van der Waals surface area contributed by atoms with E-state index in [2.05, 4.69) is 10.2 Å². The van der Waals surface area contributed by atoms with Crippen LogP contribution in [0.15, 0.2) is 10.2 Å². The Morgan fingerprint density at radius 3 is 2.26 bits per heavy atom. The maximum absolute atomic E-state index is 12.0. The van der Waals surface area contributed by atoms with Crippen molar-refractivity contribution in [2.75, 3.05) is 32.8 Å². The molecule has 0 spiro atoms. The molecule has 0 aromatic carbocycles. The standard InChI is InChI=1S/C12H20N4O3/c1-3-19-11(18)16-8-6-15(7-9-16)10(17)4-5-12(2)13-14-12/h3-9H2,1-2H3. The van der Waals surface area contributed by atoms with Crippen molar-refractivity contribution >= 4 is 12.0 Å². The van der Waals surface area contributed by atoms with Gasteiger partial charge in [0.25, 0.3) is 0 Å². The molecule has 2 heterocycles. The average Bonchev–Trinajstić information content (AvgIpc) is 3.15. The van der Waals surface area contributed by atoms with Crippen molar-refractivity contribution in [1.82, 2.24) is 9.80 Å². The summed E-state index contributed by atoms with van der Waals surface area (Å²) in [7, 11) is 0. The third-order valence-corrected chi connectivity index (χ3v) is 3.41. The highest BCUT2D eigenvalue weighted by Crippen LogP contribution is 2.32. The predicted octanol–water partition coefficient (Wildman–Crippen LogP) is 1.25. The summed E-state index contributed by atoms with van der Waals surface area (Å²) >= 11 is 0. The van der Waals surface area contributed by atoms with Crippen LogP contribution in [0.1, 0.15) is 26.7 Å². The number of nitrogens with zero attached hydrogens (tertiary/aromatic N) is 4. The number of hydrogen-bond donors (Lipinski definition) is 0. The first kappa shape index (κ1) is 13.8. The van der Waals surface area contributed by atoms with Gasteiger partial charge in [-0.2, -0.15) is 10.2 Å². The third-order valence-electron chi connectivity index (χ3n) is 3.41.